The minimum atomic E-state index is -0.382. The average Bonchev–Trinajstić information content (AvgIpc) is 2.66. The van der Waals surface area contributed by atoms with Crippen LogP contribution in [0.4, 0.5) is 5.69 Å². The van der Waals surface area contributed by atoms with Crippen LogP contribution < -0.4 is 15.6 Å². The molecule has 26 heavy (non-hydrogen) atoms. The van der Waals surface area contributed by atoms with Gasteiger partial charge in [-0.3, -0.25) is 4.79 Å². The molecule has 0 fully saturated rings. The van der Waals surface area contributed by atoms with E-state index < -0.39 is 0 Å². The molecule has 3 aromatic rings. The molecule has 134 valence electrons. The molecule has 1 aromatic heterocycles. The molecule has 0 unspecified atom stereocenters. The number of fused-ring (bicyclic) bond motifs is 1. The Morgan fingerprint density at radius 2 is 1.88 bits per heavy atom. The van der Waals surface area contributed by atoms with Crippen molar-refractivity contribution in [2.75, 3.05) is 19.0 Å². The summed E-state index contributed by atoms with van der Waals surface area (Å²) in [6.45, 7) is 2.88. The van der Waals surface area contributed by atoms with Crippen molar-refractivity contribution in [3.05, 3.63) is 70.0 Å². The van der Waals surface area contributed by atoms with Gasteiger partial charge in [0.2, 0.25) is 0 Å². The quantitative estimate of drug-likeness (QED) is 0.665. The second-order valence-electron chi connectivity index (χ2n) is 5.73. The van der Waals surface area contributed by atoms with Crippen LogP contribution in [-0.2, 0) is 11.3 Å². The summed E-state index contributed by atoms with van der Waals surface area (Å²) >= 11 is 0. The zero-order chi connectivity index (χ0) is 18.5. The van der Waals surface area contributed by atoms with Crippen LogP contribution in [0.2, 0.25) is 0 Å². The van der Waals surface area contributed by atoms with Crippen molar-refractivity contribution in [1.82, 2.24) is 4.98 Å². The third-order valence-corrected chi connectivity index (χ3v) is 3.99. The summed E-state index contributed by atoms with van der Waals surface area (Å²) in [4.78, 5) is 26.6. The third-order valence-electron chi connectivity index (χ3n) is 3.99. The van der Waals surface area contributed by atoms with Gasteiger partial charge in [-0.25, -0.2) is 4.79 Å². The van der Waals surface area contributed by atoms with Gasteiger partial charge in [0.15, 0.2) is 0 Å². The fourth-order valence-electron chi connectivity index (χ4n) is 2.66. The molecule has 1 heterocycles. The van der Waals surface area contributed by atoms with E-state index in [1.165, 1.54) is 7.11 Å². The highest BCUT2D eigenvalue weighted by atomic mass is 16.5. The predicted molar refractivity (Wildman–Crippen MR) is 101 cm³/mol. The molecule has 6 nitrogen and oxygen atoms in total. The molecule has 0 saturated heterocycles. The first-order valence-electron chi connectivity index (χ1n) is 8.31. The number of hydrogen-bond acceptors (Lipinski definition) is 5. The second kappa shape index (κ2) is 7.74. The summed E-state index contributed by atoms with van der Waals surface area (Å²) in [6, 6.07) is 14.3. The number of carbonyl (C=O) groups excluding carboxylic acids is 1. The molecule has 6 heteroatoms. The zero-order valence-corrected chi connectivity index (χ0v) is 14.7. The second-order valence-corrected chi connectivity index (χ2v) is 5.73. The van der Waals surface area contributed by atoms with E-state index in [1.807, 2.05) is 31.2 Å². The fourth-order valence-corrected chi connectivity index (χ4v) is 2.66. The van der Waals surface area contributed by atoms with Crippen molar-refractivity contribution >= 4 is 22.6 Å². The number of methoxy groups -OCH3 is 1. The SMILES string of the molecule is CCOc1ccc2[nH]c(=O)c(CNc3ccc(C(=O)OC)cc3)cc2c1. The van der Waals surface area contributed by atoms with E-state index in [0.717, 1.165) is 22.3 Å². The standard InChI is InChI=1S/C20H20N2O4/c1-3-26-17-8-9-18-14(11-17)10-15(19(23)22-18)12-21-16-6-4-13(5-7-16)20(24)25-2/h4-11,21H,3,12H2,1-2H3,(H,22,23). The van der Waals surface area contributed by atoms with Crippen LogP contribution in [0.5, 0.6) is 5.75 Å². The molecule has 0 spiro atoms. The first-order chi connectivity index (χ1) is 12.6. The molecule has 0 aliphatic carbocycles. The van der Waals surface area contributed by atoms with Crippen molar-refractivity contribution in [1.29, 1.82) is 0 Å². The number of ether oxygens (including phenoxy) is 2. The molecule has 3 rings (SSSR count). The first kappa shape index (κ1) is 17.5. The number of hydrogen-bond donors (Lipinski definition) is 2. The monoisotopic (exact) mass is 352 g/mol. The van der Waals surface area contributed by atoms with Crippen LogP contribution in [0.1, 0.15) is 22.8 Å². The lowest BCUT2D eigenvalue weighted by Gasteiger charge is -2.09. The molecule has 0 aliphatic heterocycles. The van der Waals surface area contributed by atoms with Crippen LogP contribution >= 0.6 is 0 Å². The van der Waals surface area contributed by atoms with Crippen LogP contribution in [0.15, 0.2) is 53.3 Å². The molecule has 2 aromatic carbocycles. The highest BCUT2D eigenvalue weighted by Gasteiger charge is 2.06. The highest BCUT2D eigenvalue weighted by molar-refractivity contribution is 5.89. The number of aromatic nitrogens is 1. The zero-order valence-electron chi connectivity index (χ0n) is 14.7. The lowest BCUT2D eigenvalue weighted by molar-refractivity contribution is 0.0601. The number of benzene rings is 2. The summed E-state index contributed by atoms with van der Waals surface area (Å²) < 4.78 is 10.2. The molecule has 0 atom stereocenters. The van der Waals surface area contributed by atoms with Gasteiger partial charge in [0.25, 0.3) is 5.56 Å². The maximum absolute atomic E-state index is 12.3. The Labute approximate surface area is 150 Å². The van der Waals surface area contributed by atoms with Crippen LogP contribution in [-0.4, -0.2) is 24.7 Å². The Hall–Kier alpha value is -3.28. The minimum Gasteiger partial charge on any atom is -0.494 e. The molecule has 0 saturated carbocycles. The Morgan fingerprint density at radius 3 is 2.58 bits per heavy atom. The number of carbonyl (C=O) groups is 1. The predicted octanol–water partition coefficient (Wildman–Crippen LogP) is 3.33. The van der Waals surface area contributed by atoms with Gasteiger partial charge in [-0.15, -0.1) is 0 Å². The van der Waals surface area contributed by atoms with E-state index in [0.29, 0.717) is 24.3 Å². The van der Waals surface area contributed by atoms with E-state index in [-0.39, 0.29) is 11.5 Å². The Balaban J connectivity index is 1.78. The van der Waals surface area contributed by atoms with Crippen molar-refractivity contribution < 1.29 is 14.3 Å². The van der Waals surface area contributed by atoms with E-state index in [4.69, 9.17) is 4.74 Å². The van der Waals surface area contributed by atoms with Gasteiger partial charge in [0.05, 0.1) is 19.3 Å². The molecule has 0 bridgehead atoms. The molecule has 2 N–H and O–H groups in total. The molecular weight excluding hydrogens is 332 g/mol. The van der Waals surface area contributed by atoms with Gasteiger partial charge in [0.1, 0.15) is 5.75 Å². The number of aromatic amines is 1. The van der Waals surface area contributed by atoms with Gasteiger partial charge in [-0.05, 0) is 55.5 Å². The van der Waals surface area contributed by atoms with Gasteiger partial charge < -0.3 is 19.8 Å². The first-order valence-corrected chi connectivity index (χ1v) is 8.31. The van der Waals surface area contributed by atoms with Gasteiger partial charge in [-0.2, -0.15) is 0 Å². The van der Waals surface area contributed by atoms with Crippen LogP contribution in [0.25, 0.3) is 10.9 Å². The summed E-state index contributed by atoms with van der Waals surface area (Å²) in [5, 5.41) is 4.10. The normalized spacial score (nSPS) is 10.5. The van der Waals surface area contributed by atoms with E-state index >= 15 is 0 Å². The third kappa shape index (κ3) is 3.85. The largest absolute Gasteiger partial charge is 0.494 e. The molecule has 0 amide bonds. The van der Waals surface area contributed by atoms with Crippen LogP contribution in [0.3, 0.4) is 0 Å². The van der Waals surface area contributed by atoms with E-state index in [9.17, 15) is 9.59 Å². The lowest BCUT2D eigenvalue weighted by atomic mass is 10.1. The van der Waals surface area contributed by atoms with Gasteiger partial charge in [-0.1, -0.05) is 0 Å². The maximum Gasteiger partial charge on any atom is 0.337 e. The number of anilines is 1. The number of esters is 1. The molecule has 0 radical (unpaired) electrons. The van der Waals surface area contributed by atoms with Gasteiger partial charge in [0, 0.05) is 28.7 Å². The summed E-state index contributed by atoms with van der Waals surface area (Å²) in [5.41, 5.74) is 2.53. The summed E-state index contributed by atoms with van der Waals surface area (Å²) in [5.74, 6) is 0.386. The molecular formula is C20H20N2O4. The lowest BCUT2D eigenvalue weighted by Crippen LogP contribution is -2.15. The average molecular weight is 352 g/mol. The smallest absolute Gasteiger partial charge is 0.337 e. The molecule has 0 aliphatic rings. The van der Waals surface area contributed by atoms with Crippen molar-refractivity contribution in [3.8, 4) is 5.75 Å². The minimum absolute atomic E-state index is 0.139. The van der Waals surface area contributed by atoms with Gasteiger partial charge >= 0.3 is 5.97 Å². The van der Waals surface area contributed by atoms with Crippen molar-refractivity contribution in [2.45, 2.75) is 13.5 Å². The number of nitrogens with one attached hydrogen (secondary N) is 2. The topological polar surface area (TPSA) is 80.4 Å². The Morgan fingerprint density at radius 1 is 1.12 bits per heavy atom. The number of H-pyrrole nitrogens is 1. The van der Waals surface area contributed by atoms with Crippen LogP contribution in [0, 0.1) is 0 Å². The number of rotatable bonds is 6. The number of pyridine rings is 1. The fraction of sp³-hybridized carbons (Fsp3) is 0.200. The Bertz CT molecular complexity index is 977. The Kier molecular flexibility index (Phi) is 5.22. The maximum atomic E-state index is 12.3. The van der Waals surface area contributed by atoms with Crippen molar-refractivity contribution in [3.63, 3.8) is 0 Å². The summed E-state index contributed by atoms with van der Waals surface area (Å²) in [7, 11) is 1.34. The highest BCUT2D eigenvalue weighted by Crippen LogP contribution is 2.19. The van der Waals surface area contributed by atoms with E-state index in [2.05, 4.69) is 15.0 Å². The van der Waals surface area contributed by atoms with Crippen molar-refractivity contribution in [2.24, 2.45) is 0 Å². The summed E-state index contributed by atoms with van der Waals surface area (Å²) in [6.07, 6.45) is 0. The van der Waals surface area contributed by atoms with E-state index in [1.54, 1.807) is 24.3 Å².